The van der Waals surface area contributed by atoms with Crippen LogP contribution in [0.3, 0.4) is 0 Å². The lowest BCUT2D eigenvalue weighted by Gasteiger charge is -2.03. The van der Waals surface area contributed by atoms with Crippen molar-refractivity contribution in [3.8, 4) is 0 Å². The molecule has 2 aromatic heterocycles. The van der Waals surface area contributed by atoms with Gasteiger partial charge in [0, 0.05) is 24.9 Å². The third-order valence-electron chi connectivity index (χ3n) is 2.56. The van der Waals surface area contributed by atoms with E-state index in [1.807, 2.05) is 10.6 Å². The SMILES string of the molecule is CC(C)c1nc(C(O)CN)c2cnccn12. The van der Waals surface area contributed by atoms with Crippen molar-refractivity contribution in [1.29, 1.82) is 0 Å². The predicted octanol–water partition coefficient (Wildman–Crippen LogP) is 0.845. The van der Waals surface area contributed by atoms with Crippen LogP contribution in [-0.4, -0.2) is 26.0 Å². The largest absolute Gasteiger partial charge is 0.385 e. The van der Waals surface area contributed by atoms with E-state index < -0.39 is 6.10 Å². The molecule has 0 amide bonds. The summed E-state index contributed by atoms with van der Waals surface area (Å²) in [5, 5.41) is 9.79. The maximum Gasteiger partial charge on any atom is 0.116 e. The summed E-state index contributed by atoms with van der Waals surface area (Å²) in [7, 11) is 0. The lowest BCUT2D eigenvalue weighted by Crippen LogP contribution is -2.12. The molecule has 2 aromatic rings. The molecule has 0 radical (unpaired) electrons. The lowest BCUT2D eigenvalue weighted by molar-refractivity contribution is 0.184. The minimum absolute atomic E-state index is 0.166. The Kier molecular flexibility index (Phi) is 2.89. The van der Waals surface area contributed by atoms with Gasteiger partial charge < -0.3 is 15.2 Å². The van der Waals surface area contributed by atoms with Crippen LogP contribution in [-0.2, 0) is 0 Å². The molecule has 0 aliphatic rings. The monoisotopic (exact) mass is 220 g/mol. The first-order valence-corrected chi connectivity index (χ1v) is 5.35. The van der Waals surface area contributed by atoms with Crippen molar-refractivity contribution in [3.63, 3.8) is 0 Å². The van der Waals surface area contributed by atoms with Crippen molar-refractivity contribution < 1.29 is 5.11 Å². The maximum absolute atomic E-state index is 9.79. The number of aliphatic hydroxyl groups is 1. The second-order valence-electron chi connectivity index (χ2n) is 4.09. The first-order chi connectivity index (χ1) is 7.65. The van der Waals surface area contributed by atoms with Gasteiger partial charge in [-0.25, -0.2) is 4.98 Å². The highest BCUT2D eigenvalue weighted by Gasteiger charge is 2.18. The Morgan fingerprint density at radius 3 is 2.88 bits per heavy atom. The van der Waals surface area contributed by atoms with Gasteiger partial charge in [-0.15, -0.1) is 0 Å². The Morgan fingerprint density at radius 2 is 2.25 bits per heavy atom. The first kappa shape index (κ1) is 11.0. The fourth-order valence-corrected chi connectivity index (χ4v) is 1.75. The zero-order valence-electron chi connectivity index (χ0n) is 9.46. The fraction of sp³-hybridized carbons (Fsp3) is 0.455. The molecule has 2 rings (SSSR count). The van der Waals surface area contributed by atoms with E-state index in [0.29, 0.717) is 5.69 Å². The third-order valence-corrected chi connectivity index (χ3v) is 2.56. The van der Waals surface area contributed by atoms with Crippen LogP contribution < -0.4 is 5.73 Å². The molecular weight excluding hydrogens is 204 g/mol. The van der Waals surface area contributed by atoms with Crippen LogP contribution in [0.25, 0.3) is 5.52 Å². The Morgan fingerprint density at radius 1 is 1.50 bits per heavy atom. The van der Waals surface area contributed by atoms with E-state index in [0.717, 1.165) is 11.3 Å². The van der Waals surface area contributed by atoms with Gasteiger partial charge in [-0.1, -0.05) is 13.8 Å². The van der Waals surface area contributed by atoms with Crippen LogP contribution in [0.4, 0.5) is 0 Å². The van der Waals surface area contributed by atoms with Gasteiger partial charge in [0.15, 0.2) is 0 Å². The van der Waals surface area contributed by atoms with Crippen molar-refractivity contribution >= 4 is 5.52 Å². The summed E-state index contributed by atoms with van der Waals surface area (Å²) in [4.78, 5) is 8.50. The van der Waals surface area contributed by atoms with Gasteiger partial charge >= 0.3 is 0 Å². The number of nitrogens with zero attached hydrogens (tertiary/aromatic N) is 3. The van der Waals surface area contributed by atoms with Crippen LogP contribution in [0.15, 0.2) is 18.6 Å². The van der Waals surface area contributed by atoms with Gasteiger partial charge in [0.1, 0.15) is 11.9 Å². The average Bonchev–Trinajstić information content (AvgIpc) is 2.67. The van der Waals surface area contributed by atoms with E-state index in [2.05, 4.69) is 23.8 Å². The average molecular weight is 220 g/mol. The Labute approximate surface area is 93.9 Å². The van der Waals surface area contributed by atoms with Crippen LogP contribution in [0.2, 0.25) is 0 Å². The molecule has 0 spiro atoms. The summed E-state index contributed by atoms with van der Waals surface area (Å²) >= 11 is 0. The summed E-state index contributed by atoms with van der Waals surface area (Å²) in [6, 6.07) is 0. The molecule has 0 fully saturated rings. The van der Waals surface area contributed by atoms with Gasteiger partial charge in [-0.2, -0.15) is 0 Å². The van der Waals surface area contributed by atoms with E-state index >= 15 is 0 Å². The molecule has 5 heteroatoms. The molecule has 86 valence electrons. The van der Waals surface area contributed by atoms with Crippen molar-refractivity contribution in [2.24, 2.45) is 5.73 Å². The minimum atomic E-state index is -0.730. The topological polar surface area (TPSA) is 76.4 Å². The van der Waals surface area contributed by atoms with E-state index in [1.54, 1.807) is 12.4 Å². The van der Waals surface area contributed by atoms with E-state index in [9.17, 15) is 5.11 Å². The maximum atomic E-state index is 9.79. The van der Waals surface area contributed by atoms with Crippen LogP contribution >= 0.6 is 0 Å². The summed E-state index contributed by atoms with van der Waals surface area (Å²) in [5.74, 6) is 1.20. The summed E-state index contributed by atoms with van der Waals surface area (Å²) in [6.07, 6.45) is 4.53. The van der Waals surface area contributed by atoms with Crippen molar-refractivity contribution in [1.82, 2.24) is 14.4 Å². The number of nitrogens with two attached hydrogens (primary N) is 1. The van der Waals surface area contributed by atoms with Crippen molar-refractivity contribution in [2.45, 2.75) is 25.9 Å². The quantitative estimate of drug-likeness (QED) is 0.803. The molecule has 0 aromatic carbocycles. The predicted molar refractivity (Wildman–Crippen MR) is 61.1 cm³/mol. The van der Waals surface area contributed by atoms with Gasteiger partial charge in [-0.05, 0) is 0 Å². The molecule has 0 saturated carbocycles. The second-order valence-corrected chi connectivity index (χ2v) is 4.09. The molecule has 0 bridgehead atoms. The molecular formula is C11H16N4O. The van der Waals surface area contributed by atoms with Gasteiger partial charge in [-0.3, -0.25) is 4.98 Å². The molecule has 2 heterocycles. The molecule has 0 saturated heterocycles. The number of imidazole rings is 1. The van der Waals surface area contributed by atoms with Crippen molar-refractivity contribution in [3.05, 3.63) is 30.1 Å². The van der Waals surface area contributed by atoms with Gasteiger partial charge in [0.25, 0.3) is 0 Å². The molecule has 0 aliphatic heterocycles. The van der Waals surface area contributed by atoms with Crippen LogP contribution in [0.1, 0.15) is 37.4 Å². The van der Waals surface area contributed by atoms with E-state index in [-0.39, 0.29) is 12.5 Å². The third kappa shape index (κ3) is 1.68. The normalized spacial score (nSPS) is 13.6. The Hall–Kier alpha value is -1.46. The number of rotatable bonds is 3. The molecule has 1 unspecified atom stereocenters. The highest BCUT2D eigenvalue weighted by atomic mass is 16.3. The number of aliphatic hydroxyl groups excluding tert-OH is 1. The van der Waals surface area contributed by atoms with Crippen LogP contribution in [0.5, 0.6) is 0 Å². The summed E-state index contributed by atoms with van der Waals surface area (Å²) in [5.41, 5.74) is 6.89. The number of fused-ring (bicyclic) bond motifs is 1. The highest BCUT2D eigenvalue weighted by Crippen LogP contribution is 2.22. The van der Waals surface area contributed by atoms with Gasteiger partial charge in [0.05, 0.1) is 17.4 Å². The number of hydrogen-bond acceptors (Lipinski definition) is 4. The molecule has 5 nitrogen and oxygen atoms in total. The molecule has 16 heavy (non-hydrogen) atoms. The molecule has 0 aliphatic carbocycles. The summed E-state index contributed by atoms with van der Waals surface area (Å²) in [6.45, 7) is 4.29. The number of aromatic nitrogens is 3. The lowest BCUT2D eigenvalue weighted by atomic mass is 10.2. The zero-order valence-corrected chi connectivity index (χ0v) is 9.46. The van der Waals surface area contributed by atoms with Gasteiger partial charge in [0.2, 0.25) is 0 Å². The van der Waals surface area contributed by atoms with E-state index in [1.165, 1.54) is 0 Å². The smallest absolute Gasteiger partial charge is 0.116 e. The van der Waals surface area contributed by atoms with Crippen LogP contribution in [0, 0.1) is 0 Å². The second kappa shape index (κ2) is 4.19. The highest BCUT2D eigenvalue weighted by molar-refractivity contribution is 5.52. The number of hydrogen-bond donors (Lipinski definition) is 2. The molecule has 3 N–H and O–H groups in total. The zero-order chi connectivity index (χ0) is 11.7. The molecule has 1 atom stereocenters. The van der Waals surface area contributed by atoms with Crippen molar-refractivity contribution in [2.75, 3.05) is 6.54 Å². The fourth-order valence-electron chi connectivity index (χ4n) is 1.75. The summed E-state index contributed by atoms with van der Waals surface area (Å²) < 4.78 is 1.95. The van der Waals surface area contributed by atoms with E-state index in [4.69, 9.17) is 5.73 Å². The Bertz CT molecular complexity index is 492. The standard InChI is InChI=1S/C11H16N4O/c1-7(2)11-14-10(9(16)5-12)8-6-13-3-4-15(8)11/h3-4,6-7,9,16H,5,12H2,1-2H3. The first-order valence-electron chi connectivity index (χ1n) is 5.35. The Balaban J connectivity index is 2.66. The minimum Gasteiger partial charge on any atom is -0.385 e.